The predicted octanol–water partition coefficient (Wildman–Crippen LogP) is 2.21. The van der Waals surface area contributed by atoms with Gasteiger partial charge in [-0.05, 0) is 37.4 Å². The Morgan fingerprint density at radius 1 is 1.20 bits per heavy atom. The van der Waals surface area contributed by atoms with Gasteiger partial charge in [-0.25, -0.2) is 4.98 Å². The SMILES string of the molecule is O=C1CCC2(CCCN(Cc3ncc[nH]3)C2)CN1Cc1cccnc1. The van der Waals surface area contributed by atoms with E-state index in [1.165, 1.54) is 12.8 Å². The predicted molar refractivity (Wildman–Crippen MR) is 94.4 cm³/mol. The molecular formula is C19H25N5O. The van der Waals surface area contributed by atoms with Crippen molar-refractivity contribution < 1.29 is 4.79 Å². The number of hydrogen-bond acceptors (Lipinski definition) is 4. The van der Waals surface area contributed by atoms with Crippen molar-refractivity contribution in [2.75, 3.05) is 19.6 Å². The minimum absolute atomic E-state index is 0.223. The lowest BCUT2D eigenvalue weighted by molar-refractivity contribution is -0.140. The molecule has 0 aromatic carbocycles. The molecule has 2 aliphatic heterocycles. The van der Waals surface area contributed by atoms with Crippen molar-refractivity contribution in [3.05, 3.63) is 48.3 Å². The highest BCUT2D eigenvalue weighted by atomic mass is 16.2. The summed E-state index contributed by atoms with van der Waals surface area (Å²) >= 11 is 0. The first-order valence-electron chi connectivity index (χ1n) is 9.10. The number of piperidine rings is 2. The summed E-state index contributed by atoms with van der Waals surface area (Å²) in [7, 11) is 0. The molecule has 1 N–H and O–H groups in total. The number of H-pyrrole nitrogens is 1. The van der Waals surface area contributed by atoms with E-state index in [1.807, 2.05) is 35.6 Å². The number of aromatic nitrogens is 3. The fourth-order valence-corrected chi connectivity index (χ4v) is 4.33. The van der Waals surface area contributed by atoms with Crippen LogP contribution in [0.3, 0.4) is 0 Å². The lowest BCUT2D eigenvalue weighted by Crippen LogP contribution is -2.53. The zero-order valence-corrected chi connectivity index (χ0v) is 14.5. The van der Waals surface area contributed by atoms with Gasteiger partial charge in [0.05, 0.1) is 6.54 Å². The van der Waals surface area contributed by atoms with Crippen LogP contribution in [0.2, 0.25) is 0 Å². The minimum Gasteiger partial charge on any atom is -0.348 e. The van der Waals surface area contributed by atoms with Gasteiger partial charge in [0.2, 0.25) is 5.91 Å². The fraction of sp³-hybridized carbons (Fsp3) is 0.526. The third kappa shape index (κ3) is 3.74. The van der Waals surface area contributed by atoms with Gasteiger partial charge in [0, 0.05) is 56.3 Å². The second-order valence-electron chi connectivity index (χ2n) is 7.46. The molecule has 2 aromatic rings. The molecule has 0 aliphatic carbocycles. The lowest BCUT2D eigenvalue weighted by Gasteiger charge is -2.48. The van der Waals surface area contributed by atoms with Crippen LogP contribution in [-0.4, -0.2) is 50.3 Å². The third-order valence-corrected chi connectivity index (χ3v) is 5.51. The van der Waals surface area contributed by atoms with Crippen molar-refractivity contribution in [2.45, 2.75) is 38.8 Å². The number of carbonyl (C=O) groups excluding carboxylic acids is 1. The molecule has 1 atom stereocenters. The van der Waals surface area contributed by atoms with Crippen LogP contribution in [0.25, 0.3) is 0 Å². The quantitative estimate of drug-likeness (QED) is 0.927. The smallest absolute Gasteiger partial charge is 0.222 e. The molecule has 1 unspecified atom stereocenters. The molecule has 2 aliphatic rings. The van der Waals surface area contributed by atoms with E-state index in [0.29, 0.717) is 13.0 Å². The number of nitrogens with one attached hydrogen (secondary N) is 1. The first-order valence-corrected chi connectivity index (χ1v) is 9.10. The lowest BCUT2D eigenvalue weighted by atomic mass is 9.73. The van der Waals surface area contributed by atoms with E-state index in [1.54, 1.807) is 6.20 Å². The van der Waals surface area contributed by atoms with Crippen LogP contribution in [0.1, 0.15) is 37.1 Å². The Morgan fingerprint density at radius 3 is 2.96 bits per heavy atom. The van der Waals surface area contributed by atoms with E-state index >= 15 is 0 Å². The molecule has 6 nitrogen and oxygen atoms in total. The number of nitrogens with zero attached hydrogens (tertiary/aromatic N) is 4. The Morgan fingerprint density at radius 2 is 2.16 bits per heavy atom. The van der Waals surface area contributed by atoms with Crippen LogP contribution in [0.4, 0.5) is 0 Å². The standard InChI is InChI=1S/C19H25N5O/c25-18-4-6-19(15-24(18)12-16-3-1-7-20-11-16)5-2-10-23(14-19)13-17-21-8-9-22-17/h1,3,7-9,11H,2,4-6,10,12-15H2,(H,21,22). The highest BCUT2D eigenvalue weighted by Crippen LogP contribution is 2.39. The van der Waals surface area contributed by atoms with Gasteiger partial charge in [0.15, 0.2) is 0 Å². The summed E-state index contributed by atoms with van der Waals surface area (Å²) in [5, 5.41) is 0. The topological polar surface area (TPSA) is 65.1 Å². The summed E-state index contributed by atoms with van der Waals surface area (Å²) in [5.74, 6) is 1.30. The van der Waals surface area contributed by atoms with Gasteiger partial charge in [-0.3, -0.25) is 14.7 Å². The number of aromatic amines is 1. The second kappa shape index (κ2) is 6.96. The average Bonchev–Trinajstić information content (AvgIpc) is 3.13. The zero-order chi connectivity index (χ0) is 17.1. The zero-order valence-electron chi connectivity index (χ0n) is 14.5. The highest BCUT2D eigenvalue weighted by Gasteiger charge is 2.41. The van der Waals surface area contributed by atoms with Gasteiger partial charge in [0.1, 0.15) is 5.82 Å². The van der Waals surface area contributed by atoms with Crippen molar-refractivity contribution in [2.24, 2.45) is 5.41 Å². The van der Waals surface area contributed by atoms with Crippen LogP contribution < -0.4 is 0 Å². The number of pyridine rings is 1. The number of hydrogen-bond donors (Lipinski definition) is 1. The van der Waals surface area contributed by atoms with Crippen LogP contribution in [-0.2, 0) is 17.9 Å². The molecule has 132 valence electrons. The summed E-state index contributed by atoms with van der Waals surface area (Å²) < 4.78 is 0. The molecule has 4 heterocycles. The number of likely N-dealkylation sites (tertiary alicyclic amines) is 2. The van der Waals surface area contributed by atoms with Crippen molar-refractivity contribution in [1.29, 1.82) is 0 Å². The Hall–Kier alpha value is -2.21. The molecule has 0 bridgehead atoms. The van der Waals surface area contributed by atoms with Gasteiger partial charge >= 0.3 is 0 Å². The van der Waals surface area contributed by atoms with Gasteiger partial charge < -0.3 is 9.88 Å². The maximum absolute atomic E-state index is 12.4. The Labute approximate surface area is 148 Å². The maximum atomic E-state index is 12.4. The number of rotatable bonds is 4. The molecule has 4 rings (SSSR count). The summed E-state index contributed by atoms with van der Waals surface area (Å²) in [6.07, 6.45) is 11.4. The number of amides is 1. The van der Waals surface area contributed by atoms with E-state index < -0.39 is 0 Å². The van der Waals surface area contributed by atoms with Crippen LogP contribution in [0, 0.1) is 5.41 Å². The van der Waals surface area contributed by atoms with Crippen molar-refractivity contribution in [1.82, 2.24) is 24.8 Å². The monoisotopic (exact) mass is 339 g/mol. The molecule has 2 saturated heterocycles. The van der Waals surface area contributed by atoms with E-state index in [-0.39, 0.29) is 11.3 Å². The van der Waals surface area contributed by atoms with E-state index in [2.05, 4.69) is 19.9 Å². The fourth-order valence-electron chi connectivity index (χ4n) is 4.33. The molecule has 0 saturated carbocycles. The molecule has 25 heavy (non-hydrogen) atoms. The van der Waals surface area contributed by atoms with Crippen LogP contribution in [0.5, 0.6) is 0 Å². The van der Waals surface area contributed by atoms with Gasteiger partial charge in [-0.15, -0.1) is 0 Å². The second-order valence-corrected chi connectivity index (χ2v) is 7.46. The van der Waals surface area contributed by atoms with Crippen LogP contribution >= 0.6 is 0 Å². The molecule has 0 radical (unpaired) electrons. The highest BCUT2D eigenvalue weighted by molar-refractivity contribution is 5.77. The van der Waals surface area contributed by atoms with Gasteiger partial charge in [-0.2, -0.15) is 0 Å². The number of carbonyl (C=O) groups is 1. The van der Waals surface area contributed by atoms with Gasteiger partial charge in [-0.1, -0.05) is 6.07 Å². The van der Waals surface area contributed by atoms with E-state index in [9.17, 15) is 4.79 Å². The Kier molecular flexibility index (Phi) is 4.53. The van der Waals surface area contributed by atoms with E-state index in [0.717, 1.165) is 44.0 Å². The molecule has 6 heteroatoms. The van der Waals surface area contributed by atoms with Crippen molar-refractivity contribution >= 4 is 5.91 Å². The number of imidazole rings is 1. The minimum atomic E-state index is 0.223. The Bertz CT molecular complexity index is 702. The first kappa shape index (κ1) is 16.3. The summed E-state index contributed by atoms with van der Waals surface area (Å²) in [6, 6.07) is 3.98. The summed E-state index contributed by atoms with van der Waals surface area (Å²) in [4.78, 5) is 28.7. The molecular weight excluding hydrogens is 314 g/mol. The molecule has 2 fully saturated rings. The Balaban J connectivity index is 1.44. The summed E-state index contributed by atoms with van der Waals surface area (Å²) in [5.41, 5.74) is 1.33. The molecule has 2 aromatic heterocycles. The van der Waals surface area contributed by atoms with Crippen molar-refractivity contribution in [3.8, 4) is 0 Å². The van der Waals surface area contributed by atoms with Gasteiger partial charge in [0.25, 0.3) is 0 Å². The largest absolute Gasteiger partial charge is 0.348 e. The average molecular weight is 339 g/mol. The van der Waals surface area contributed by atoms with Crippen molar-refractivity contribution in [3.63, 3.8) is 0 Å². The first-order chi connectivity index (χ1) is 12.2. The third-order valence-electron chi connectivity index (χ3n) is 5.51. The van der Waals surface area contributed by atoms with E-state index in [4.69, 9.17) is 0 Å². The summed E-state index contributed by atoms with van der Waals surface area (Å²) in [6.45, 7) is 4.55. The van der Waals surface area contributed by atoms with Crippen LogP contribution in [0.15, 0.2) is 36.9 Å². The molecule has 1 spiro atoms. The maximum Gasteiger partial charge on any atom is 0.222 e. The molecule has 1 amide bonds. The normalized spacial score (nSPS) is 24.8.